The largest absolute Gasteiger partial charge is 0.484 e. The molecule has 3 N–H and O–H groups in total. The summed E-state index contributed by atoms with van der Waals surface area (Å²) in [5, 5.41) is 2.40. The maximum absolute atomic E-state index is 11.7. The molecule has 0 fully saturated rings. The average Bonchev–Trinajstić information content (AvgIpc) is 2.65. The predicted molar refractivity (Wildman–Crippen MR) is 99.4 cm³/mol. The highest BCUT2D eigenvalue weighted by Crippen LogP contribution is 2.07. The van der Waals surface area contributed by atoms with Gasteiger partial charge in [0.15, 0.2) is 11.7 Å². The molecular formula is C18H17N3O3S. The molecule has 2 aromatic rings. The lowest BCUT2D eigenvalue weighted by Gasteiger charge is -2.10. The number of hydrazine groups is 1. The van der Waals surface area contributed by atoms with Gasteiger partial charge in [-0.3, -0.25) is 25.8 Å². The third kappa shape index (κ3) is 7.28. The molecule has 128 valence electrons. The summed E-state index contributed by atoms with van der Waals surface area (Å²) in [6.45, 7) is -0.179. The highest BCUT2D eigenvalue weighted by Gasteiger charge is 2.04. The fraction of sp³-hybridized carbons (Fsp3) is 0.0556. The smallest absolute Gasteiger partial charge is 0.276 e. The van der Waals surface area contributed by atoms with Crippen molar-refractivity contribution >= 4 is 35.2 Å². The van der Waals surface area contributed by atoms with Gasteiger partial charge < -0.3 is 4.74 Å². The molecule has 0 saturated carbocycles. The standard InChI is InChI=1S/C18H17N3O3S/c22-16(12-11-14-7-3-1-4-8-14)19-18(25)21-20-17(23)13-24-15-9-5-2-6-10-15/h1-12H,13H2,(H,20,23)(H2,19,21,22,25)/b12-11+. The number of carbonyl (C=O) groups is 2. The van der Waals surface area contributed by atoms with Crippen LogP contribution in [0.25, 0.3) is 6.08 Å². The molecule has 0 aliphatic carbocycles. The fourth-order valence-corrected chi connectivity index (χ4v) is 1.90. The molecule has 0 atom stereocenters. The molecule has 25 heavy (non-hydrogen) atoms. The molecule has 0 saturated heterocycles. The number of rotatable bonds is 5. The summed E-state index contributed by atoms with van der Waals surface area (Å²) in [4.78, 5) is 23.4. The molecule has 0 bridgehead atoms. The van der Waals surface area contributed by atoms with Crippen molar-refractivity contribution in [3.05, 3.63) is 72.3 Å². The van der Waals surface area contributed by atoms with Gasteiger partial charge in [0.25, 0.3) is 5.91 Å². The van der Waals surface area contributed by atoms with E-state index in [4.69, 9.17) is 17.0 Å². The van der Waals surface area contributed by atoms with Gasteiger partial charge in [-0.15, -0.1) is 0 Å². The second kappa shape index (κ2) is 9.84. The molecule has 0 radical (unpaired) electrons. The number of carbonyl (C=O) groups excluding carboxylic acids is 2. The number of hydrogen-bond acceptors (Lipinski definition) is 4. The summed E-state index contributed by atoms with van der Waals surface area (Å²) in [5.74, 6) is -0.254. The van der Waals surface area contributed by atoms with Crippen LogP contribution in [0.2, 0.25) is 0 Å². The first-order valence-corrected chi connectivity index (χ1v) is 7.85. The second-order valence-electron chi connectivity index (χ2n) is 4.84. The van der Waals surface area contributed by atoms with Gasteiger partial charge in [-0.25, -0.2) is 0 Å². The predicted octanol–water partition coefficient (Wildman–Crippen LogP) is 1.80. The molecule has 0 aliphatic heterocycles. The van der Waals surface area contributed by atoms with Gasteiger partial charge in [-0.05, 0) is 36.0 Å². The highest BCUT2D eigenvalue weighted by molar-refractivity contribution is 7.80. The number of para-hydroxylation sites is 1. The summed E-state index contributed by atoms with van der Waals surface area (Å²) in [6.07, 6.45) is 3.01. The molecule has 2 rings (SSSR count). The van der Waals surface area contributed by atoms with Crippen LogP contribution < -0.4 is 20.9 Å². The van der Waals surface area contributed by atoms with Crippen LogP contribution in [0.15, 0.2) is 66.7 Å². The van der Waals surface area contributed by atoms with Gasteiger partial charge in [-0.1, -0.05) is 48.5 Å². The van der Waals surface area contributed by atoms with Crippen molar-refractivity contribution in [2.75, 3.05) is 6.61 Å². The van der Waals surface area contributed by atoms with E-state index in [-0.39, 0.29) is 11.7 Å². The van der Waals surface area contributed by atoms with Gasteiger partial charge in [-0.2, -0.15) is 0 Å². The van der Waals surface area contributed by atoms with Crippen LogP contribution in [0.3, 0.4) is 0 Å². The van der Waals surface area contributed by atoms with Crippen molar-refractivity contribution in [3.63, 3.8) is 0 Å². The molecule has 0 spiro atoms. The monoisotopic (exact) mass is 355 g/mol. The number of benzene rings is 2. The van der Waals surface area contributed by atoms with Crippen LogP contribution in [0.4, 0.5) is 0 Å². The Kier molecular flexibility index (Phi) is 7.14. The van der Waals surface area contributed by atoms with Crippen molar-refractivity contribution in [1.82, 2.24) is 16.2 Å². The zero-order valence-corrected chi connectivity index (χ0v) is 14.1. The van der Waals surface area contributed by atoms with Crippen LogP contribution in [0, 0.1) is 0 Å². The topological polar surface area (TPSA) is 79.5 Å². The van der Waals surface area contributed by atoms with E-state index in [2.05, 4.69) is 16.2 Å². The Labute approximate surface area is 150 Å². The Hall–Kier alpha value is -3.19. The summed E-state index contributed by atoms with van der Waals surface area (Å²) in [7, 11) is 0. The van der Waals surface area contributed by atoms with Crippen molar-refractivity contribution in [1.29, 1.82) is 0 Å². The van der Waals surface area contributed by atoms with Crippen LogP contribution in [-0.2, 0) is 9.59 Å². The summed E-state index contributed by atoms with van der Waals surface area (Å²) < 4.78 is 5.27. The van der Waals surface area contributed by atoms with E-state index in [1.54, 1.807) is 30.3 Å². The van der Waals surface area contributed by atoms with Gasteiger partial charge in [0.05, 0.1) is 0 Å². The van der Waals surface area contributed by atoms with E-state index in [1.807, 2.05) is 36.4 Å². The van der Waals surface area contributed by atoms with E-state index in [0.717, 1.165) is 5.56 Å². The number of thiocarbonyl (C=S) groups is 1. The lowest BCUT2D eigenvalue weighted by atomic mass is 10.2. The molecule has 6 nitrogen and oxygen atoms in total. The third-order valence-electron chi connectivity index (χ3n) is 2.89. The number of ether oxygens (including phenoxy) is 1. The van der Waals surface area contributed by atoms with Gasteiger partial charge in [0, 0.05) is 6.08 Å². The SMILES string of the molecule is O=C(/C=C/c1ccccc1)NC(=S)NNC(=O)COc1ccccc1. The molecular weight excluding hydrogens is 338 g/mol. The Morgan fingerprint density at radius 3 is 2.28 bits per heavy atom. The van der Waals surface area contributed by atoms with Gasteiger partial charge >= 0.3 is 0 Å². The van der Waals surface area contributed by atoms with E-state index in [0.29, 0.717) is 5.75 Å². The molecule has 0 heterocycles. The first-order chi connectivity index (χ1) is 12.1. The van der Waals surface area contributed by atoms with E-state index < -0.39 is 11.8 Å². The number of hydrogen-bond donors (Lipinski definition) is 3. The van der Waals surface area contributed by atoms with Crippen molar-refractivity contribution in [2.24, 2.45) is 0 Å². The molecule has 0 aromatic heterocycles. The van der Waals surface area contributed by atoms with Crippen LogP contribution in [0.5, 0.6) is 5.75 Å². The minimum Gasteiger partial charge on any atom is -0.484 e. The summed E-state index contributed by atoms with van der Waals surface area (Å²) in [5.41, 5.74) is 5.66. The van der Waals surface area contributed by atoms with E-state index >= 15 is 0 Å². The average molecular weight is 355 g/mol. The normalized spacial score (nSPS) is 10.1. The van der Waals surface area contributed by atoms with Crippen LogP contribution in [-0.4, -0.2) is 23.5 Å². The Bertz CT molecular complexity index is 749. The second-order valence-corrected chi connectivity index (χ2v) is 5.25. The van der Waals surface area contributed by atoms with Crippen molar-refractivity contribution < 1.29 is 14.3 Å². The molecule has 7 heteroatoms. The quantitative estimate of drug-likeness (QED) is 0.433. The lowest BCUT2D eigenvalue weighted by molar-refractivity contribution is -0.123. The van der Waals surface area contributed by atoms with Crippen molar-refractivity contribution in [3.8, 4) is 5.75 Å². The maximum Gasteiger partial charge on any atom is 0.276 e. The minimum absolute atomic E-state index is 0.0178. The summed E-state index contributed by atoms with van der Waals surface area (Å²) in [6, 6.07) is 18.3. The van der Waals surface area contributed by atoms with E-state index in [9.17, 15) is 9.59 Å². The minimum atomic E-state index is -0.430. The first kappa shape index (κ1) is 18.2. The Morgan fingerprint density at radius 2 is 1.60 bits per heavy atom. The maximum atomic E-state index is 11.7. The fourth-order valence-electron chi connectivity index (χ4n) is 1.75. The van der Waals surface area contributed by atoms with E-state index in [1.165, 1.54) is 6.08 Å². The van der Waals surface area contributed by atoms with Gasteiger partial charge in [0.1, 0.15) is 5.75 Å². The van der Waals surface area contributed by atoms with Crippen LogP contribution >= 0.6 is 12.2 Å². The number of nitrogens with one attached hydrogen (secondary N) is 3. The zero-order valence-electron chi connectivity index (χ0n) is 13.3. The van der Waals surface area contributed by atoms with Gasteiger partial charge in [0.2, 0.25) is 5.91 Å². The highest BCUT2D eigenvalue weighted by atomic mass is 32.1. The molecule has 0 unspecified atom stereocenters. The van der Waals surface area contributed by atoms with Crippen molar-refractivity contribution in [2.45, 2.75) is 0 Å². The third-order valence-corrected chi connectivity index (χ3v) is 3.10. The first-order valence-electron chi connectivity index (χ1n) is 7.44. The lowest BCUT2D eigenvalue weighted by Crippen LogP contribution is -2.49. The Balaban J connectivity index is 1.66. The molecule has 0 aliphatic rings. The summed E-state index contributed by atoms with van der Waals surface area (Å²) >= 11 is 4.92. The molecule has 2 aromatic carbocycles. The molecule has 2 amide bonds. The van der Waals surface area contributed by atoms with Crippen LogP contribution in [0.1, 0.15) is 5.56 Å². The zero-order chi connectivity index (χ0) is 17.9. The Morgan fingerprint density at radius 1 is 0.960 bits per heavy atom. The number of amides is 2.